The summed E-state index contributed by atoms with van der Waals surface area (Å²) in [5.74, 6) is -0.827. The number of nitrogens with zero attached hydrogens (tertiary/aromatic N) is 1. The molecule has 0 radical (unpaired) electrons. The van der Waals surface area contributed by atoms with Gasteiger partial charge in [-0.05, 0) is 54.4 Å². The first-order valence-corrected chi connectivity index (χ1v) is 12.6. The highest BCUT2D eigenvalue weighted by molar-refractivity contribution is 8.16. The highest BCUT2D eigenvalue weighted by atomic mass is 32.2. The zero-order valence-corrected chi connectivity index (χ0v) is 21.6. The SMILES string of the molecule is C=C/C(=C\N=C(/C)CCOc1ccc(C[C@@]2(C(=O)OCc3ccccc3)SC(=O)NC2=O)cc1)C(C)O. The van der Waals surface area contributed by atoms with Crippen LogP contribution in [0.15, 0.2) is 84.0 Å². The number of carbonyl (C=O) groups excluding carboxylic acids is 3. The number of imide groups is 1. The summed E-state index contributed by atoms with van der Waals surface area (Å²) >= 11 is 0.645. The molecule has 2 aromatic rings. The van der Waals surface area contributed by atoms with E-state index in [1.165, 1.54) is 0 Å². The van der Waals surface area contributed by atoms with Gasteiger partial charge >= 0.3 is 5.97 Å². The van der Waals surface area contributed by atoms with E-state index in [1.807, 2.05) is 37.3 Å². The predicted molar refractivity (Wildman–Crippen MR) is 143 cm³/mol. The largest absolute Gasteiger partial charge is 0.493 e. The minimum atomic E-state index is -1.69. The summed E-state index contributed by atoms with van der Waals surface area (Å²) in [6.07, 6.45) is 3.09. The molecule has 1 aliphatic rings. The molecule has 1 saturated heterocycles. The lowest BCUT2D eigenvalue weighted by Crippen LogP contribution is -2.46. The summed E-state index contributed by atoms with van der Waals surface area (Å²) < 4.78 is 9.52. The van der Waals surface area contributed by atoms with Gasteiger partial charge in [-0.15, -0.1) is 0 Å². The van der Waals surface area contributed by atoms with E-state index in [0.717, 1.165) is 11.3 Å². The zero-order chi connectivity index (χ0) is 26.8. The topological polar surface area (TPSA) is 114 Å². The Balaban J connectivity index is 1.61. The Morgan fingerprint density at radius 3 is 2.46 bits per heavy atom. The first kappa shape index (κ1) is 27.9. The molecule has 0 bridgehead atoms. The van der Waals surface area contributed by atoms with Crippen LogP contribution in [-0.2, 0) is 27.4 Å². The lowest BCUT2D eigenvalue weighted by molar-refractivity contribution is -0.150. The molecule has 2 amide bonds. The third-order valence-electron chi connectivity index (χ3n) is 5.65. The van der Waals surface area contributed by atoms with Crippen molar-refractivity contribution >= 4 is 34.6 Å². The van der Waals surface area contributed by atoms with Crippen LogP contribution in [0.5, 0.6) is 5.75 Å². The molecule has 1 heterocycles. The minimum absolute atomic E-state index is 0.00265. The Hall–Kier alpha value is -3.69. The third-order valence-corrected chi connectivity index (χ3v) is 6.79. The highest BCUT2D eigenvalue weighted by Gasteiger charge is 2.55. The maximum absolute atomic E-state index is 13.0. The summed E-state index contributed by atoms with van der Waals surface area (Å²) in [4.78, 5) is 42.0. The average molecular weight is 523 g/mol. The first-order chi connectivity index (χ1) is 17.7. The summed E-state index contributed by atoms with van der Waals surface area (Å²) in [7, 11) is 0. The van der Waals surface area contributed by atoms with Crippen LogP contribution >= 0.6 is 11.8 Å². The van der Waals surface area contributed by atoms with Crippen LogP contribution in [0, 0.1) is 0 Å². The molecular weight excluding hydrogens is 492 g/mol. The van der Waals surface area contributed by atoms with Crippen LogP contribution in [0.2, 0.25) is 0 Å². The van der Waals surface area contributed by atoms with Crippen LogP contribution in [0.3, 0.4) is 0 Å². The molecule has 1 unspecified atom stereocenters. The monoisotopic (exact) mass is 522 g/mol. The fraction of sp³-hybridized carbons (Fsp3) is 0.286. The Morgan fingerprint density at radius 2 is 1.86 bits per heavy atom. The van der Waals surface area contributed by atoms with E-state index in [0.29, 0.717) is 41.7 Å². The van der Waals surface area contributed by atoms with Crippen LogP contribution in [0.25, 0.3) is 0 Å². The fourth-order valence-corrected chi connectivity index (χ4v) is 4.46. The lowest BCUT2D eigenvalue weighted by atomic mass is 9.97. The molecule has 2 N–H and O–H groups in total. The maximum atomic E-state index is 13.0. The van der Waals surface area contributed by atoms with Crippen molar-refractivity contribution in [3.8, 4) is 5.75 Å². The number of nitrogens with one attached hydrogen (secondary N) is 1. The molecule has 37 heavy (non-hydrogen) atoms. The molecule has 0 aromatic heterocycles. The molecule has 194 valence electrons. The number of aliphatic imine (C=N–C) groups is 1. The molecule has 2 atom stereocenters. The Bertz CT molecular complexity index is 1190. The van der Waals surface area contributed by atoms with Gasteiger partial charge in [0.15, 0.2) is 0 Å². The molecule has 1 aliphatic heterocycles. The number of aliphatic hydroxyl groups is 1. The number of benzene rings is 2. The second-order valence-corrected chi connectivity index (χ2v) is 9.80. The van der Waals surface area contributed by atoms with Crippen LogP contribution in [0.4, 0.5) is 4.79 Å². The number of amides is 2. The molecule has 3 rings (SSSR count). The molecule has 1 fully saturated rings. The number of carbonyl (C=O) groups is 3. The number of esters is 1. The second-order valence-electron chi connectivity index (χ2n) is 8.53. The number of hydrogen-bond donors (Lipinski definition) is 2. The van der Waals surface area contributed by atoms with Gasteiger partial charge in [-0.1, -0.05) is 55.1 Å². The number of aliphatic hydroxyl groups excluding tert-OH is 1. The summed E-state index contributed by atoms with van der Waals surface area (Å²) in [6.45, 7) is 7.57. The van der Waals surface area contributed by atoms with E-state index in [2.05, 4.69) is 16.9 Å². The maximum Gasteiger partial charge on any atom is 0.333 e. The second kappa shape index (κ2) is 13.0. The van der Waals surface area contributed by atoms with Gasteiger partial charge in [0.1, 0.15) is 12.4 Å². The van der Waals surface area contributed by atoms with Crippen molar-refractivity contribution in [2.24, 2.45) is 4.99 Å². The van der Waals surface area contributed by atoms with Gasteiger partial charge in [-0.25, -0.2) is 4.79 Å². The number of thioether (sulfide) groups is 1. The molecular formula is C28H30N2O6S. The van der Waals surface area contributed by atoms with Crippen molar-refractivity contribution in [2.45, 2.75) is 44.1 Å². The standard InChI is InChI=1S/C28H30N2O6S/c1-4-23(20(3)31)17-29-19(2)14-15-35-24-12-10-21(11-13-24)16-28(25(32)30-27(34)37-28)26(33)36-18-22-8-6-5-7-9-22/h4-13,17,20,31H,1,14-16,18H2,2-3H3,(H,30,32,34)/b23-17+,29-19+/t20?,28-/m1/s1. The van der Waals surface area contributed by atoms with Crippen molar-refractivity contribution in [1.29, 1.82) is 0 Å². The van der Waals surface area contributed by atoms with Crippen LogP contribution < -0.4 is 10.1 Å². The van der Waals surface area contributed by atoms with E-state index in [-0.39, 0.29) is 13.0 Å². The molecule has 8 nitrogen and oxygen atoms in total. The van der Waals surface area contributed by atoms with E-state index >= 15 is 0 Å². The quantitative estimate of drug-likeness (QED) is 0.184. The summed E-state index contributed by atoms with van der Waals surface area (Å²) in [5, 5.41) is 11.2. The zero-order valence-electron chi connectivity index (χ0n) is 20.8. The van der Waals surface area contributed by atoms with Crippen molar-refractivity contribution in [3.05, 3.63) is 90.2 Å². The van der Waals surface area contributed by atoms with Crippen LogP contribution in [-0.4, -0.2) is 45.4 Å². The van der Waals surface area contributed by atoms with Gasteiger partial charge in [0.2, 0.25) is 4.75 Å². The van der Waals surface area contributed by atoms with E-state index in [9.17, 15) is 19.5 Å². The fourth-order valence-electron chi connectivity index (χ4n) is 3.47. The van der Waals surface area contributed by atoms with E-state index in [1.54, 1.807) is 43.5 Å². The van der Waals surface area contributed by atoms with Gasteiger partial charge in [0.05, 0.1) is 12.7 Å². The van der Waals surface area contributed by atoms with Crippen molar-refractivity contribution in [1.82, 2.24) is 5.32 Å². The highest BCUT2D eigenvalue weighted by Crippen LogP contribution is 2.37. The van der Waals surface area contributed by atoms with Gasteiger partial charge in [-0.2, -0.15) is 0 Å². The summed E-state index contributed by atoms with van der Waals surface area (Å²) in [5.41, 5.74) is 2.93. The van der Waals surface area contributed by atoms with Crippen LogP contribution in [0.1, 0.15) is 31.4 Å². The molecule has 9 heteroatoms. The van der Waals surface area contributed by atoms with Crippen molar-refractivity contribution < 1.29 is 29.0 Å². The Morgan fingerprint density at radius 1 is 1.16 bits per heavy atom. The summed E-state index contributed by atoms with van der Waals surface area (Å²) in [6, 6.07) is 16.1. The normalized spacial score (nSPS) is 18.8. The molecule has 0 saturated carbocycles. The van der Waals surface area contributed by atoms with E-state index < -0.39 is 28.0 Å². The van der Waals surface area contributed by atoms with Gasteiger partial charge in [0.25, 0.3) is 11.1 Å². The molecule has 2 aromatic carbocycles. The molecule has 0 aliphatic carbocycles. The van der Waals surface area contributed by atoms with Crippen molar-refractivity contribution in [3.63, 3.8) is 0 Å². The van der Waals surface area contributed by atoms with Gasteiger partial charge in [-0.3, -0.25) is 19.9 Å². The van der Waals surface area contributed by atoms with Crippen molar-refractivity contribution in [2.75, 3.05) is 6.61 Å². The lowest BCUT2D eigenvalue weighted by Gasteiger charge is -2.22. The number of ether oxygens (including phenoxy) is 2. The Labute approximate surface area is 220 Å². The third kappa shape index (κ3) is 7.65. The Kier molecular flexibility index (Phi) is 9.82. The predicted octanol–water partition coefficient (Wildman–Crippen LogP) is 4.37. The smallest absolute Gasteiger partial charge is 0.333 e. The molecule has 0 spiro atoms. The minimum Gasteiger partial charge on any atom is -0.493 e. The van der Waals surface area contributed by atoms with E-state index in [4.69, 9.17) is 9.47 Å². The first-order valence-electron chi connectivity index (χ1n) is 11.7. The van der Waals surface area contributed by atoms with Gasteiger partial charge in [0, 0.05) is 24.8 Å². The van der Waals surface area contributed by atoms with Gasteiger partial charge < -0.3 is 14.6 Å². The number of rotatable bonds is 12. The average Bonchev–Trinajstić information content (AvgIpc) is 3.17. The number of hydrogen-bond acceptors (Lipinski definition) is 8.